The van der Waals surface area contributed by atoms with Crippen LogP contribution in [0.15, 0.2) is 55.3 Å². The summed E-state index contributed by atoms with van der Waals surface area (Å²) in [6.45, 7) is 3.68. The Morgan fingerprint density at radius 3 is 2.50 bits per heavy atom. The van der Waals surface area contributed by atoms with E-state index >= 15 is 0 Å². The van der Waals surface area contributed by atoms with Gasteiger partial charge in [-0.05, 0) is 56.3 Å². The summed E-state index contributed by atoms with van der Waals surface area (Å²) in [4.78, 5) is 12.8. The number of aromatic nitrogens is 2. The molecule has 10 nitrogen and oxygen atoms in total. The fourth-order valence-corrected chi connectivity index (χ4v) is 7.29. The van der Waals surface area contributed by atoms with E-state index in [0.29, 0.717) is 22.6 Å². The number of carbonyl (C=O) groups is 1. The van der Waals surface area contributed by atoms with Gasteiger partial charge in [0, 0.05) is 24.6 Å². The van der Waals surface area contributed by atoms with E-state index in [1.165, 1.54) is 27.8 Å². The molecule has 3 aromatic rings. The molecule has 34 heavy (non-hydrogen) atoms. The molecule has 13 heteroatoms. The molecule has 1 aliphatic heterocycles. The van der Waals surface area contributed by atoms with Gasteiger partial charge >= 0.3 is 6.01 Å². The van der Waals surface area contributed by atoms with E-state index in [9.17, 15) is 21.6 Å². The summed E-state index contributed by atoms with van der Waals surface area (Å²) in [5.41, 5.74) is 0.418. The Bertz CT molecular complexity index is 1370. The second-order valence-corrected chi connectivity index (χ2v) is 13.8. The van der Waals surface area contributed by atoms with Gasteiger partial charge in [-0.2, -0.15) is 4.31 Å². The summed E-state index contributed by atoms with van der Waals surface area (Å²) >= 11 is 1.17. The van der Waals surface area contributed by atoms with Crippen molar-refractivity contribution in [3.8, 4) is 11.5 Å². The van der Waals surface area contributed by atoms with E-state index in [2.05, 4.69) is 15.5 Å². The van der Waals surface area contributed by atoms with Gasteiger partial charge in [0.25, 0.3) is 10.0 Å². The standard InChI is InChI=1S/C21H24N4O6S3/c1-14(2)33(27,28)17-6-3-5-16(13-17)20-23-24-21(31-20)22-19(26)15-8-10-25(11-9-15)34(29,30)18-7-4-12-32-18/h3-7,12-15H,8-11H2,1-2H3,(H,22,24,26). The zero-order valence-electron chi connectivity index (χ0n) is 18.5. The Balaban J connectivity index is 1.39. The Morgan fingerprint density at radius 1 is 1.12 bits per heavy atom. The summed E-state index contributed by atoms with van der Waals surface area (Å²) in [5.74, 6) is -0.655. The lowest BCUT2D eigenvalue weighted by molar-refractivity contribution is -0.121. The molecule has 0 aliphatic carbocycles. The van der Waals surface area contributed by atoms with Crippen LogP contribution in [0.5, 0.6) is 0 Å². The van der Waals surface area contributed by atoms with Crippen molar-refractivity contribution in [2.75, 3.05) is 18.4 Å². The first-order valence-corrected chi connectivity index (χ1v) is 14.5. The van der Waals surface area contributed by atoms with Crippen molar-refractivity contribution in [2.45, 2.75) is 41.0 Å². The molecule has 1 aromatic carbocycles. The van der Waals surface area contributed by atoms with Gasteiger partial charge in [0.05, 0.1) is 10.1 Å². The molecule has 4 rings (SSSR count). The van der Waals surface area contributed by atoms with Gasteiger partial charge < -0.3 is 4.42 Å². The number of hydrogen-bond acceptors (Lipinski definition) is 9. The number of hydrogen-bond donors (Lipinski definition) is 1. The zero-order chi connectivity index (χ0) is 24.5. The van der Waals surface area contributed by atoms with E-state index in [0.717, 1.165) is 0 Å². The van der Waals surface area contributed by atoms with E-state index in [1.54, 1.807) is 43.5 Å². The molecular weight excluding hydrogens is 500 g/mol. The molecule has 0 radical (unpaired) electrons. The number of sulfone groups is 1. The van der Waals surface area contributed by atoms with Gasteiger partial charge in [-0.1, -0.05) is 17.2 Å². The Morgan fingerprint density at radius 2 is 1.85 bits per heavy atom. The van der Waals surface area contributed by atoms with Gasteiger partial charge in [-0.15, -0.1) is 16.4 Å². The first kappa shape index (κ1) is 24.5. The third kappa shape index (κ3) is 4.92. The minimum atomic E-state index is -3.54. The van der Waals surface area contributed by atoms with Crippen molar-refractivity contribution in [2.24, 2.45) is 5.92 Å². The quantitative estimate of drug-likeness (QED) is 0.497. The lowest BCUT2D eigenvalue weighted by atomic mass is 9.97. The third-order valence-corrected chi connectivity index (χ3v) is 11.0. The molecular formula is C21H24N4O6S3. The number of carbonyl (C=O) groups excluding carboxylic acids is 1. The second-order valence-electron chi connectivity index (χ2n) is 8.13. The lowest BCUT2D eigenvalue weighted by Crippen LogP contribution is -2.41. The Labute approximate surface area is 202 Å². The number of anilines is 1. The maximum atomic E-state index is 12.7. The Kier molecular flexibility index (Phi) is 6.90. The highest BCUT2D eigenvalue weighted by Crippen LogP contribution is 2.28. The van der Waals surface area contributed by atoms with Crippen LogP contribution in [0.3, 0.4) is 0 Å². The minimum absolute atomic E-state index is 0.0768. The fraction of sp³-hybridized carbons (Fsp3) is 0.381. The number of rotatable bonds is 7. The maximum absolute atomic E-state index is 12.7. The van der Waals surface area contributed by atoms with Crippen LogP contribution in [0.2, 0.25) is 0 Å². The molecule has 0 unspecified atom stereocenters. The average Bonchev–Trinajstić information content (AvgIpc) is 3.52. The molecule has 1 fully saturated rings. The summed E-state index contributed by atoms with van der Waals surface area (Å²) in [5, 5.41) is 11.5. The predicted molar refractivity (Wildman–Crippen MR) is 126 cm³/mol. The van der Waals surface area contributed by atoms with Gasteiger partial charge in [0.2, 0.25) is 11.8 Å². The molecule has 3 heterocycles. The molecule has 1 N–H and O–H groups in total. The highest BCUT2D eigenvalue weighted by atomic mass is 32.2. The zero-order valence-corrected chi connectivity index (χ0v) is 21.0. The van der Waals surface area contributed by atoms with Gasteiger partial charge in [-0.3, -0.25) is 10.1 Å². The highest BCUT2D eigenvalue weighted by Gasteiger charge is 2.33. The van der Waals surface area contributed by atoms with Crippen molar-refractivity contribution in [1.29, 1.82) is 0 Å². The first-order chi connectivity index (χ1) is 16.1. The average molecular weight is 525 g/mol. The summed E-state index contributed by atoms with van der Waals surface area (Å²) in [6.07, 6.45) is 0.735. The monoisotopic (exact) mass is 524 g/mol. The smallest absolute Gasteiger partial charge is 0.322 e. The maximum Gasteiger partial charge on any atom is 0.322 e. The molecule has 0 bridgehead atoms. The van der Waals surface area contributed by atoms with E-state index < -0.39 is 31.0 Å². The van der Waals surface area contributed by atoms with E-state index in [1.807, 2.05) is 0 Å². The van der Waals surface area contributed by atoms with Crippen molar-refractivity contribution in [3.63, 3.8) is 0 Å². The van der Waals surface area contributed by atoms with Crippen LogP contribution in [0.1, 0.15) is 26.7 Å². The number of thiophene rings is 1. The van der Waals surface area contributed by atoms with Gasteiger partial charge in [0.15, 0.2) is 9.84 Å². The normalized spacial score (nSPS) is 16.1. The number of nitrogens with zero attached hydrogens (tertiary/aromatic N) is 3. The van der Waals surface area contributed by atoms with Crippen LogP contribution in [-0.4, -0.2) is 55.6 Å². The number of amides is 1. The topological polar surface area (TPSA) is 140 Å². The Hall–Kier alpha value is -2.61. The summed E-state index contributed by atoms with van der Waals surface area (Å²) in [7, 11) is -7.01. The largest absolute Gasteiger partial charge is 0.403 e. The second kappa shape index (κ2) is 9.56. The predicted octanol–water partition coefficient (Wildman–Crippen LogP) is 3.02. The van der Waals surface area contributed by atoms with Gasteiger partial charge in [-0.25, -0.2) is 16.8 Å². The van der Waals surface area contributed by atoms with Crippen LogP contribution in [0, 0.1) is 5.92 Å². The van der Waals surface area contributed by atoms with E-state index in [4.69, 9.17) is 4.42 Å². The van der Waals surface area contributed by atoms with Crippen LogP contribution >= 0.6 is 11.3 Å². The molecule has 182 valence electrons. The van der Waals surface area contributed by atoms with Crippen LogP contribution < -0.4 is 5.32 Å². The first-order valence-electron chi connectivity index (χ1n) is 10.6. The summed E-state index contributed by atoms with van der Waals surface area (Å²) < 4.78 is 57.4. The fourth-order valence-electron chi connectivity index (χ4n) is 3.57. The molecule has 1 saturated heterocycles. The van der Waals surface area contributed by atoms with Crippen molar-refractivity contribution < 1.29 is 26.0 Å². The number of benzene rings is 1. The molecule has 0 atom stereocenters. The number of nitrogens with one attached hydrogen (secondary N) is 1. The lowest BCUT2D eigenvalue weighted by Gasteiger charge is -2.29. The highest BCUT2D eigenvalue weighted by molar-refractivity contribution is 7.92. The molecule has 2 aromatic heterocycles. The van der Waals surface area contributed by atoms with Crippen molar-refractivity contribution in [1.82, 2.24) is 14.5 Å². The van der Waals surface area contributed by atoms with Crippen molar-refractivity contribution in [3.05, 3.63) is 41.8 Å². The minimum Gasteiger partial charge on any atom is -0.403 e. The number of piperidine rings is 1. The van der Waals surface area contributed by atoms with Crippen molar-refractivity contribution >= 4 is 43.1 Å². The molecule has 1 amide bonds. The molecule has 0 spiro atoms. The SMILES string of the molecule is CC(C)S(=O)(=O)c1cccc(-c2nnc(NC(=O)C3CCN(S(=O)(=O)c4cccs4)CC3)o2)c1. The van der Waals surface area contributed by atoms with Crippen LogP contribution in [-0.2, 0) is 24.7 Å². The molecule has 0 saturated carbocycles. The number of sulfonamides is 1. The van der Waals surface area contributed by atoms with Crippen LogP contribution in [0.25, 0.3) is 11.5 Å². The van der Waals surface area contributed by atoms with Crippen LogP contribution in [0.4, 0.5) is 6.01 Å². The molecule has 1 aliphatic rings. The van der Waals surface area contributed by atoms with Gasteiger partial charge in [0.1, 0.15) is 4.21 Å². The van der Waals surface area contributed by atoms with E-state index in [-0.39, 0.29) is 35.8 Å². The third-order valence-electron chi connectivity index (χ3n) is 5.60. The summed E-state index contributed by atoms with van der Waals surface area (Å²) in [6, 6.07) is 9.34.